The van der Waals surface area contributed by atoms with Crippen molar-refractivity contribution in [3.63, 3.8) is 0 Å². The summed E-state index contributed by atoms with van der Waals surface area (Å²) in [6.45, 7) is 0. The number of methoxy groups -OCH3 is 1. The second-order valence-electron chi connectivity index (χ2n) is 6.17. The Hall–Kier alpha value is -3.03. The van der Waals surface area contributed by atoms with Gasteiger partial charge in [-0.2, -0.15) is 0 Å². The maximum absolute atomic E-state index is 12.7. The number of halogens is 1. The molecule has 0 saturated heterocycles. The van der Waals surface area contributed by atoms with Gasteiger partial charge < -0.3 is 14.8 Å². The zero-order valence-electron chi connectivity index (χ0n) is 15.7. The Labute approximate surface area is 174 Å². The zero-order chi connectivity index (χ0) is 21.0. The van der Waals surface area contributed by atoms with Crippen molar-refractivity contribution in [2.75, 3.05) is 18.7 Å². The van der Waals surface area contributed by atoms with Crippen LogP contribution in [0.2, 0.25) is 5.02 Å². The van der Waals surface area contributed by atoms with Gasteiger partial charge >= 0.3 is 0 Å². The first-order chi connectivity index (χ1) is 13.8. The molecule has 0 aliphatic carbocycles. The second kappa shape index (κ2) is 8.55. The molecule has 29 heavy (non-hydrogen) atoms. The van der Waals surface area contributed by atoms with E-state index in [1.807, 2.05) is 0 Å². The number of ether oxygens (including phenoxy) is 2. The lowest BCUT2D eigenvalue weighted by Crippen LogP contribution is -2.13. The van der Waals surface area contributed by atoms with Crippen molar-refractivity contribution in [3.8, 4) is 17.2 Å². The van der Waals surface area contributed by atoms with Crippen molar-refractivity contribution in [2.24, 2.45) is 0 Å². The number of hydrogen-bond acceptors (Lipinski definition) is 5. The minimum atomic E-state index is -3.43. The van der Waals surface area contributed by atoms with Crippen molar-refractivity contribution < 1.29 is 22.7 Å². The molecule has 0 saturated carbocycles. The van der Waals surface area contributed by atoms with Crippen LogP contribution in [0, 0.1) is 0 Å². The molecule has 3 aromatic rings. The van der Waals surface area contributed by atoms with Crippen LogP contribution in [0.25, 0.3) is 0 Å². The van der Waals surface area contributed by atoms with Crippen molar-refractivity contribution in [2.45, 2.75) is 4.90 Å². The number of benzene rings is 3. The molecule has 0 aromatic heterocycles. The minimum absolute atomic E-state index is 0.0611. The normalized spacial score (nSPS) is 11.0. The molecule has 3 rings (SSSR count). The molecule has 0 aliphatic heterocycles. The molecular weight excluding hydrogens is 414 g/mol. The van der Waals surface area contributed by atoms with Crippen LogP contribution in [0.3, 0.4) is 0 Å². The van der Waals surface area contributed by atoms with Gasteiger partial charge in [0.1, 0.15) is 11.5 Å². The van der Waals surface area contributed by atoms with E-state index in [4.69, 9.17) is 21.1 Å². The number of rotatable bonds is 6. The Kier molecular flexibility index (Phi) is 6.10. The molecule has 0 atom stereocenters. The van der Waals surface area contributed by atoms with E-state index in [1.54, 1.807) is 49.6 Å². The van der Waals surface area contributed by atoms with Crippen molar-refractivity contribution in [1.82, 2.24) is 0 Å². The summed E-state index contributed by atoms with van der Waals surface area (Å²) in [6.07, 6.45) is 1.09. The molecule has 0 spiro atoms. The van der Waals surface area contributed by atoms with E-state index in [0.29, 0.717) is 28.0 Å². The van der Waals surface area contributed by atoms with Crippen LogP contribution in [0.4, 0.5) is 5.69 Å². The first kappa shape index (κ1) is 20.7. The van der Waals surface area contributed by atoms with Crippen LogP contribution in [0.5, 0.6) is 17.2 Å². The number of hydrogen-bond donors (Lipinski definition) is 1. The number of nitrogens with one attached hydrogen (secondary N) is 1. The van der Waals surface area contributed by atoms with Gasteiger partial charge in [0.2, 0.25) is 0 Å². The van der Waals surface area contributed by atoms with Crippen LogP contribution in [-0.4, -0.2) is 27.7 Å². The van der Waals surface area contributed by atoms with Gasteiger partial charge in [-0.3, -0.25) is 4.79 Å². The Morgan fingerprint density at radius 1 is 0.966 bits per heavy atom. The third kappa shape index (κ3) is 5.28. The average molecular weight is 432 g/mol. The van der Waals surface area contributed by atoms with Crippen LogP contribution in [-0.2, 0) is 9.84 Å². The van der Waals surface area contributed by atoms with Crippen LogP contribution in [0.15, 0.2) is 71.6 Å². The van der Waals surface area contributed by atoms with Crippen molar-refractivity contribution >= 4 is 33.0 Å². The molecule has 8 heteroatoms. The Bertz CT molecular complexity index is 1140. The highest BCUT2D eigenvalue weighted by Gasteiger charge is 2.14. The minimum Gasteiger partial charge on any atom is -0.497 e. The number of amides is 1. The molecule has 0 heterocycles. The lowest BCUT2D eigenvalue weighted by atomic mass is 10.2. The summed E-state index contributed by atoms with van der Waals surface area (Å²) >= 11 is 6.07. The van der Waals surface area contributed by atoms with Gasteiger partial charge in [0.15, 0.2) is 15.6 Å². The first-order valence-electron chi connectivity index (χ1n) is 8.49. The maximum atomic E-state index is 12.7. The molecule has 0 radical (unpaired) electrons. The molecule has 6 nitrogen and oxygen atoms in total. The molecule has 0 aliphatic rings. The molecule has 1 amide bonds. The van der Waals surface area contributed by atoms with Gasteiger partial charge in [-0.1, -0.05) is 17.7 Å². The molecule has 0 fully saturated rings. The van der Waals surface area contributed by atoms with Crippen LogP contribution < -0.4 is 14.8 Å². The number of sulfone groups is 1. The van der Waals surface area contributed by atoms with E-state index in [-0.39, 0.29) is 10.5 Å². The molecule has 150 valence electrons. The quantitative estimate of drug-likeness (QED) is 0.606. The van der Waals surface area contributed by atoms with Gasteiger partial charge in [0, 0.05) is 16.8 Å². The molecule has 0 unspecified atom stereocenters. The van der Waals surface area contributed by atoms with Gasteiger partial charge in [0.25, 0.3) is 5.91 Å². The van der Waals surface area contributed by atoms with Crippen molar-refractivity contribution in [3.05, 3.63) is 77.3 Å². The summed E-state index contributed by atoms with van der Waals surface area (Å²) in [4.78, 5) is 12.7. The van der Waals surface area contributed by atoms with Gasteiger partial charge in [-0.05, 0) is 60.7 Å². The fraction of sp³-hybridized carbons (Fsp3) is 0.0952. The first-order valence-corrected chi connectivity index (χ1v) is 10.8. The molecule has 3 aromatic carbocycles. The summed E-state index contributed by atoms with van der Waals surface area (Å²) in [6, 6.07) is 17.6. The molecular formula is C21H18ClNO5S. The number of carbonyl (C=O) groups excluding carboxylic acids is 1. The summed E-state index contributed by atoms with van der Waals surface area (Å²) in [5, 5.41) is 3.13. The van der Waals surface area contributed by atoms with E-state index in [1.165, 1.54) is 24.3 Å². The van der Waals surface area contributed by atoms with E-state index >= 15 is 0 Å². The molecule has 0 bridgehead atoms. The third-order valence-electron chi connectivity index (χ3n) is 4.00. The lowest BCUT2D eigenvalue weighted by Gasteiger charge is -2.13. The summed E-state index contributed by atoms with van der Waals surface area (Å²) < 4.78 is 34.4. The van der Waals surface area contributed by atoms with E-state index in [2.05, 4.69) is 5.32 Å². The smallest absolute Gasteiger partial charge is 0.255 e. The van der Waals surface area contributed by atoms with Gasteiger partial charge in [-0.25, -0.2) is 8.42 Å². The maximum Gasteiger partial charge on any atom is 0.255 e. The SMILES string of the molecule is COc1ccc(Oc2ccc(Cl)cc2NC(=O)c2cccc(S(C)(=O)=O)c2)cc1. The fourth-order valence-electron chi connectivity index (χ4n) is 2.52. The highest BCUT2D eigenvalue weighted by Crippen LogP contribution is 2.33. The summed E-state index contributed by atoms with van der Waals surface area (Å²) in [5.41, 5.74) is 0.548. The van der Waals surface area contributed by atoms with Crippen molar-refractivity contribution in [1.29, 1.82) is 0 Å². The van der Waals surface area contributed by atoms with Crippen LogP contribution in [0.1, 0.15) is 10.4 Å². The number of carbonyl (C=O) groups is 1. The summed E-state index contributed by atoms with van der Waals surface area (Å²) in [5.74, 6) is 1.12. The predicted octanol–water partition coefficient (Wildman–Crippen LogP) is 4.80. The fourth-order valence-corrected chi connectivity index (χ4v) is 3.36. The van der Waals surface area contributed by atoms with Gasteiger partial charge in [0.05, 0.1) is 17.7 Å². The third-order valence-corrected chi connectivity index (χ3v) is 5.35. The monoisotopic (exact) mass is 431 g/mol. The highest BCUT2D eigenvalue weighted by atomic mass is 35.5. The highest BCUT2D eigenvalue weighted by molar-refractivity contribution is 7.90. The van der Waals surface area contributed by atoms with E-state index < -0.39 is 15.7 Å². The Morgan fingerprint density at radius 3 is 2.31 bits per heavy atom. The summed E-state index contributed by atoms with van der Waals surface area (Å²) in [7, 11) is -1.86. The van der Waals surface area contributed by atoms with E-state index in [9.17, 15) is 13.2 Å². The predicted molar refractivity (Wildman–Crippen MR) is 112 cm³/mol. The van der Waals surface area contributed by atoms with Gasteiger partial charge in [-0.15, -0.1) is 0 Å². The van der Waals surface area contributed by atoms with E-state index in [0.717, 1.165) is 6.26 Å². The lowest BCUT2D eigenvalue weighted by molar-refractivity contribution is 0.102. The second-order valence-corrected chi connectivity index (χ2v) is 8.62. The number of anilines is 1. The zero-order valence-corrected chi connectivity index (χ0v) is 17.3. The standard InChI is InChI=1S/C21H18ClNO5S/c1-27-16-7-9-17(10-8-16)28-20-11-6-15(22)13-19(20)23-21(24)14-4-3-5-18(12-14)29(2,25)26/h3-13H,1-2H3,(H,23,24). The largest absolute Gasteiger partial charge is 0.497 e. The molecule has 1 N–H and O–H groups in total. The topological polar surface area (TPSA) is 81.7 Å². The average Bonchev–Trinajstić information content (AvgIpc) is 2.70. The van der Waals surface area contributed by atoms with Crippen LogP contribution >= 0.6 is 11.6 Å². The Morgan fingerprint density at radius 2 is 1.66 bits per heavy atom. The Balaban J connectivity index is 1.86.